The first-order chi connectivity index (χ1) is 19.5. The number of nitrogens with one attached hydrogen (secondary N) is 1. The third-order valence-corrected chi connectivity index (χ3v) is 9.83. The largest absolute Gasteiger partial charge is 0.481 e. The molecule has 2 aromatic rings. The Morgan fingerprint density at radius 1 is 1.23 bits per heavy atom. The molecule has 3 N–H and O–H groups in total. The monoisotopic (exact) mass is 543 g/mol. The van der Waals surface area contributed by atoms with Crippen molar-refractivity contribution >= 4 is 22.8 Å². The van der Waals surface area contributed by atoms with Crippen LogP contribution in [0, 0.1) is 11.3 Å². The van der Waals surface area contributed by atoms with E-state index in [-0.39, 0.29) is 18.1 Å². The number of ether oxygens (including phenoxy) is 1. The van der Waals surface area contributed by atoms with E-state index in [4.69, 9.17) is 20.4 Å². The third kappa shape index (κ3) is 4.29. The van der Waals surface area contributed by atoms with Gasteiger partial charge in [-0.15, -0.1) is 0 Å². The van der Waals surface area contributed by atoms with Gasteiger partial charge in [-0.2, -0.15) is 4.98 Å². The fourth-order valence-electron chi connectivity index (χ4n) is 7.92. The average Bonchev–Trinajstić information content (AvgIpc) is 3.67. The number of hydrogen-bond donors (Lipinski definition) is 2. The zero-order chi connectivity index (χ0) is 27.4. The van der Waals surface area contributed by atoms with Crippen molar-refractivity contribution < 1.29 is 9.53 Å². The van der Waals surface area contributed by atoms with Crippen LogP contribution in [0.5, 0.6) is 5.88 Å². The lowest BCUT2D eigenvalue weighted by molar-refractivity contribution is -0.128. The summed E-state index contributed by atoms with van der Waals surface area (Å²) in [6.45, 7) is 5.24. The zero-order valence-electron chi connectivity index (χ0n) is 23.7. The second-order valence-electron chi connectivity index (χ2n) is 12.5. The molecule has 3 fully saturated rings. The first kappa shape index (κ1) is 25.6. The number of carbonyl (C=O) groups excluding carboxylic acids is 1. The summed E-state index contributed by atoms with van der Waals surface area (Å²) < 4.78 is 7.66. The Morgan fingerprint density at radius 3 is 2.80 bits per heavy atom. The molecular formula is C31H41N7O2. The summed E-state index contributed by atoms with van der Waals surface area (Å²) in [5.74, 6) is 2.25. The van der Waals surface area contributed by atoms with Gasteiger partial charge in [-0.3, -0.25) is 4.79 Å². The molecule has 3 aliphatic heterocycles. The fourth-order valence-corrected chi connectivity index (χ4v) is 7.92. The van der Waals surface area contributed by atoms with Crippen molar-refractivity contribution in [3.63, 3.8) is 0 Å². The summed E-state index contributed by atoms with van der Waals surface area (Å²) in [7, 11) is 1.65. The first-order valence-corrected chi connectivity index (χ1v) is 15.1. The summed E-state index contributed by atoms with van der Waals surface area (Å²) in [4.78, 5) is 27.7. The predicted octanol–water partition coefficient (Wildman–Crippen LogP) is 3.74. The van der Waals surface area contributed by atoms with E-state index in [1.54, 1.807) is 7.11 Å². The number of carbonyl (C=O) groups is 1. The summed E-state index contributed by atoms with van der Waals surface area (Å²) in [6, 6.07) is 6.23. The van der Waals surface area contributed by atoms with E-state index in [0.29, 0.717) is 29.3 Å². The van der Waals surface area contributed by atoms with E-state index in [2.05, 4.69) is 33.8 Å². The number of likely N-dealkylation sites (tertiary alicyclic amines) is 1. The van der Waals surface area contributed by atoms with Gasteiger partial charge in [-0.05, 0) is 75.0 Å². The number of fused-ring (bicyclic) bond motifs is 2. The van der Waals surface area contributed by atoms with Crippen LogP contribution >= 0.6 is 0 Å². The van der Waals surface area contributed by atoms with Crippen molar-refractivity contribution in [1.82, 2.24) is 24.7 Å². The van der Waals surface area contributed by atoms with E-state index in [9.17, 15) is 4.79 Å². The van der Waals surface area contributed by atoms with Crippen LogP contribution in [0.1, 0.15) is 64.0 Å². The predicted molar refractivity (Wildman–Crippen MR) is 156 cm³/mol. The van der Waals surface area contributed by atoms with Crippen molar-refractivity contribution in [2.24, 2.45) is 22.1 Å². The highest BCUT2D eigenvalue weighted by molar-refractivity contribution is 6.04. The van der Waals surface area contributed by atoms with E-state index >= 15 is 0 Å². The minimum absolute atomic E-state index is 0.0323. The second-order valence-corrected chi connectivity index (χ2v) is 12.5. The third-order valence-electron chi connectivity index (χ3n) is 9.83. The molecule has 1 unspecified atom stereocenters. The van der Waals surface area contributed by atoms with Crippen LogP contribution in [-0.4, -0.2) is 70.0 Å². The lowest BCUT2D eigenvalue weighted by Gasteiger charge is -2.48. The van der Waals surface area contributed by atoms with Gasteiger partial charge in [0, 0.05) is 49.9 Å². The summed E-state index contributed by atoms with van der Waals surface area (Å²) in [6.07, 6.45) is 13.9. The molecule has 9 heteroatoms. The minimum atomic E-state index is -0.0823. The highest BCUT2D eigenvalue weighted by atomic mass is 16.5. The molecule has 1 spiro atoms. The highest BCUT2D eigenvalue weighted by Crippen LogP contribution is 2.56. The molecule has 5 heterocycles. The molecule has 1 saturated heterocycles. The number of amidine groups is 1. The Hall–Kier alpha value is -3.33. The van der Waals surface area contributed by atoms with Gasteiger partial charge in [0.2, 0.25) is 5.88 Å². The number of rotatable bonds is 6. The Kier molecular flexibility index (Phi) is 6.37. The smallest absolute Gasteiger partial charge is 0.255 e. The number of aliphatic imine (C=N–C) groups is 1. The van der Waals surface area contributed by atoms with Crippen LogP contribution in [0.15, 0.2) is 46.7 Å². The van der Waals surface area contributed by atoms with Crippen LogP contribution in [0.4, 0.5) is 0 Å². The summed E-state index contributed by atoms with van der Waals surface area (Å²) in [5.41, 5.74) is 10.3. The number of nitrogens with two attached hydrogens (primary N) is 1. The lowest BCUT2D eigenvalue weighted by Crippen LogP contribution is -2.51. The lowest BCUT2D eigenvalue weighted by atomic mass is 9.61. The van der Waals surface area contributed by atoms with E-state index < -0.39 is 0 Å². The summed E-state index contributed by atoms with van der Waals surface area (Å²) in [5, 5.41) is 4.64. The van der Waals surface area contributed by atoms with E-state index in [1.807, 2.05) is 23.2 Å². The molecule has 40 heavy (non-hydrogen) atoms. The van der Waals surface area contributed by atoms with Crippen LogP contribution in [0.25, 0.3) is 11.0 Å². The van der Waals surface area contributed by atoms with Crippen molar-refractivity contribution in [2.45, 2.75) is 77.0 Å². The molecule has 9 nitrogen and oxygen atoms in total. The molecule has 0 bridgehead atoms. The fraction of sp³-hybridized carbons (Fsp3) is 0.581. The Bertz CT molecular complexity index is 1410. The molecule has 2 saturated carbocycles. The van der Waals surface area contributed by atoms with Crippen LogP contribution < -0.4 is 15.8 Å². The van der Waals surface area contributed by atoms with Gasteiger partial charge in [0.1, 0.15) is 11.8 Å². The number of pyridine rings is 1. The van der Waals surface area contributed by atoms with Crippen LogP contribution in [0.2, 0.25) is 0 Å². The van der Waals surface area contributed by atoms with Crippen molar-refractivity contribution in [3.8, 4) is 5.88 Å². The van der Waals surface area contributed by atoms with Crippen LogP contribution in [0.3, 0.4) is 0 Å². The van der Waals surface area contributed by atoms with Gasteiger partial charge in [0.25, 0.3) is 5.91 Å². The number of dihydropyridines is 1. The number of piperidine rings is 1. The average molecular weight is 544 g/mol. The molecule has 2 atom stereocenters. The molecule has 212 valence electrons. The molecule has 1 amide bonds. The molecular weight excluding hydrogens is 502 g/mol. The second kappa shape index (κ2) is 9.94. The zero-order valence-corrected chi connectivity index (χ0v) is 23.7. The van der Waals surface area contributed by atoms with Gasteiger partial charge in [0.15, 0.2) is 5.84 Å². The minimum Gasteiger partial charge on any atom is -0.481 e. The maximum Gasteiger partial charge on any atom is 0.255 e. The number of hydrogen-bond acceptors (Lipinski definition) is 7. The molecule has 2 aliphatic carbocycles. The van der Waals surface area contributed by atoms with Gasteiger partial charge >= 0.3 is 0 Å². The number of methoxy groups -OCH3 is 1. The van der Waals surface area contributed by atoms with E-state index in [0.717, 1.165) is 60.7 Å². The Balaban J connectivity index is 1.22. The van der Waals surface area contributed by atoms with Crippen molar-refractivity contribution in [3.05, 3.63) is 47.4 Å². The maximum absolute atomic E-state index is 13.4. The summed E-state index contributed by atoms with van der Waals surface area (Å²) >= 11 is 0. The SMILES string of the molecule is CCn1c(C2=NC3=CC(C(=O)N4CCC[C@@H](N)C4)=CNC3N2CC2CC3(CCCC3)C2)cc2ccc(OC)nc21. The number of aromatic nitrogens is 2. The topological polar surface area (TPSA) is 101 Å². The molecule has 5 aliphatic rings. The standard InChI is InChI=1S/C31H41N7O2/c1-3-37-25(14-21-8-9-26(40-2)35-27(21)37)29-34-24-13-22(30(39)36-12-6-7-23(32)19-36)17-33-28(24)38(29)18-20-15-31(16-20)10-4-5-11-31/h8-9,13-14,17,20,23,28,33H,3-7,10-12,15-16,18-19,32H2,1-2H3/t23-,28?/m1/s1. The van der Waals surface area contributed by atoms with Gasteiger partial charge in [-0.25, -0.2) is 4.99 Å². The van der Waals surface area contributed by atoms with Gasteiger partial charge in [0.05, 0.1) is 24.1 Å². The van der Waals surface area contributed by atoms with Crippen LogP contribution in [-0.2, 0) is 11.3 Å². The highest BCUT2D eigenvalue weighted by Gasteiger charge is 2.48. The van der Waals surface area contributed by atoms with E-state index in [1.165, 1.54) is 38.5 Å². The Labute approximate surface area is 236 Å². The van der Waals surface area contributed by atoms with Gasteiger partial charge < -0.3 is 30.2 Å². The number of nitrogens with zero attached hydrogens (tertiary/aromatic N) is 5. The normalized spacial score (nSPS) is 25.8. The number of aryl methyl sites for hydroxylation is 1. The maximum atomic E-state index is 13.4. The molecule has 0 radical (unpaired) electrons. The first-order valence-electron chi connectivity index (χ1n) is 15.1. The molecule has 2 aromatic heterocycles. The van der Waals surface area contributed by atoms with Crippen molar-refractivity contribution in [2.75, 3.05) is 26.7 Å². The quantitative estimate of drug-likeness (QED) is 0.576. The van der Waals surface area contributed by atoms with Crippen molar-refractivity contribution in [1.29, 1.82) is 0 Å². The van der Waals surface area contributed by atoms with Gasteiger partial charge in [-0.1, -0.05) is 12.8 Å². The molecule has 0 aromatic carbocycles. The Morgan fingerprint density at radius 2 is 2.05 bits per heavy atom. The number of amides is 1. The molecule has 7 rings (SSSR count).